The Labute approximate surface area is 111 Å². The maximum Gasteiger partial charge on any atom is 0.0243 e. The molecule has 94 valence electrons. The molecule has 0 amide bonds. The van der Waals surface area contributed by atoms with Crippen LogP contribution < -0.4 is 0 Å². The molecule has 0 heterocycles. The molecule has 1 aromatic rings. The summed E-state index contributed by atoms with van der Waals surface area (Å²) in [6.45, 7) is 6.02. The monoisotopic (exact) mass is 238 g/mol. The third-order valence-electron chi connectivity index (χ3n) is 3.59. The number of rotatable bonds is 3. The average molecular weight is 238 g/mol. The van der Waals surface area contributed by atoms with E-state index in [2.05, 4.69) is 49.6 Å². The van der Waals surface area contributed by atoms with Crippen LogP contribution in [0.2, 0.25) is 0 Å². The van der Waals surface area contributed by atoms with Crippen molar-refractivity contribution in [1.82, 2.24) is 0 Å². The van der Waals surface area contributed by atoms with Crippen molar-refractivity contribution in [2.24, 2.45) is 5.92 Å². The summed E-state index contributed by atoms with van der Waals surface area (Å²) < 4.78 is 0. The molecular formula is C18H22. The molecule has 0 bridgehead atoms. The lowest BCUT2D eigenvalue weighted by Crippen LogP contribution is -2.03. The minimum atomic E-state index is 0.556. The highest BCUT2D eigenvalue weighted by Gasteiger charge is 2.08. The van der Waals surface area contributed by atoms with Gasteiger partial charge in [-0.25, -0.2) is 0 Å². The smallest absolute Gasteiger partial charge is 0.0243 e. The fourth-order valence-corrected chi connectivity index (χ4v) is 2.43. The van der Waals surface area contributed by atoms with Crippen molar-refractivity contribution in [3.63, 3.8) is 0 Å². The van der Waals surface area contributed by atoms with Crippen molar-refractivity contribution in [3.8, 4) is 11.8 Å². The van der Waals surface area contributed by atoms with Gasteiger partial charge in [0, 0.05) is 12.3 Å². The Kier molecular flexibility index (Phi) is 4.65. The van der Waals surface area contributed by atoms with E-state index in [1.807, 2.05) is 0 Å². The van der Waals surface area contributed by atoms with Crippen molar-refractivity contribution in [1.29, 1.82) is 0 Å². The van der Waals surface area contributed by atoms with Crippen LogP contribution >= 0.6 is 0 Å². The van der Waals surface area contributed by atoms with E-state index in [0.717, 1.165) is 18.4 Å². The second-order valence-corrected chi connectivity index (χ2v) is 5.30. The normalized spacial score (nSPS) is 19.3. The Morgan fingerprint density at radius 3 is 2.72 bits per heavy atom. The zero-order valence-corrected chi connectivity index (χ0v) is 11.3. The van der Waals surface area contributed by atoms with Crippen LogP contribution in [0, 0.1) is 17.8 Å². The number of benzene rings is 1. The highest BCUT2D eigenvalue weighted by atomic mass is 14.1. The highest BCUT2D eigenvalue weighted by Crippen LogP contribution is 2.19. The average Bonchev–Trinajstić information content (AvgIpc) is 2.33. The first-order valence-corrected chi connectivity index (χ1v) is 6.99. The van der Waals surface area contributed by atoms with Crippen molar-refractivity contribution in [2.75, 3.05) is 0 Å². The van der Waals surface area contributed by atoms with Crippen LogP contribution in [0.4, 0.5) is 0 Å². The largest absolute Gasteiger partial charge is 0.103 e. The molecule has 0 fully saturated rings. The molecule has 0 saturated carbocycles. The van der Waals surface area contributed by atoms with E-state index in [-0.39, 0.29) is 0 Å². The summed E-state index contributed by atoms with van der Waals surface area (Å²) in [7, 11) is 0. The fourth-order valence-electron chi connectivity index (χ4n) is 2.43. The lowest BCUT2D eigenvalue weighted by Gasteiger charge is -2.13. The van der Waals surface area contributed by atoms with E-state index >= 15 is 0 Å². The predicted molar refractivity (Wildman–Crippen MR) is 79.2 cm³/mol. The van der Waals surface area contributed by atoms with Gasteiger partial charge in [0.25, 0.3) is 0 Å². The van der Waals surface area contributed by atoms with E-state index in [9.17, 15) is 0 Å². The lowest BCUT2D eigenvalue weighted by atomic mass is 9.92. The third-order valence-corrected chi connectivity index (χ3v) is 3.59. The van der Waals surface area contributed by atoms with Crippen LogP contribution in [-0.2, 0) is 6.42 Å². The Morgan fingerprint density at radius 2 is 2.00 bits per heavy atom. The van der Waals surface area contributed by atoms with Crippen LogP contribution in [-0.4, -0.2) is 0 Å². The van der Waals surface area contributed by atoms with Gasteiger partial charge in [-0.15, -0.1) is 5.92 Å². The van der Waals surface area contributed by atoms with Crippen molar-refractivity contribution in [2.45, 2.75) is 45.4 Å². The van der Waals surface area contributed by atoms with Crippen LogP contribution in [0.25, 0.3) is 5.57 Å². The number of allylic oxidation sites excluding steroid dienone is 1. The topological polar surface area (TPSA) is 0 Å². The zero-order chi connectivity index (χ0) is 12.8. The van der Waals surface area contributed by atoms with Crippen molar-refractivity contribution in [3.05, 3.63) is 42.0 Å². The molecule has 1 aliphatic rings. The minimum absolute atomic E-state index is 0.556. The van der Waals surface area contributed by atoms with E-state index in [4.69, 9.17) is 0 Å². The molecule has 18 heavy (non-hydrogen) atoms. The van der Waals surface area contributed by atoms with Crippen molar-refractivity contribution < 1.29 is 0 Å². The molecule has 0 heteroatoms. The Hall–Kier alpha value is -1.48. The molecule has 0 saturated heterocycles. The SMILES string of the molecule is C=C(C)c1ccc(CC2C#CCCCCC2)cc1. The van der Waals surface area contributed by atoms with Crippen molar-refractivity contribution >= 4 is 5.57 Å². The van der Waals surface area contributed by atoms with E-state index in [1.165, 1.54) is 36.8 Å². The number of hydrogen-bond acceptors (Lipinski definition) is 0. The molecule has 2 rings (SSSR count). The maximum atomic E-state index is 3.97. The van der Waals surface area contributed by atoms with Gasteiger partial charge >= 0.3 is 0 Å². The molecule has 1 atom stereocenters. The summed E-state index contributed by atoms with van der Waals surface area (Å²) in [4.78, 5) is 0. The third kappa shape index (κ3) is 3.77. The summed E-state index contributed by atoms with van der Waals surface area (Å²) in [6, 6.07) is 8.80. The summed E-state index contributed by atoms with van der Waals surface area (Å²) >= 11 is 0. The van der Waals surface area contributed by atoms with E-state index in [1.54, 1.807) is 0 Å². The van der Waals surface area contributed by atoms with Gasteiger partial charge < -0.3 is 0 Å². The Morgan fingerprint density at radius 1 is 1.22 bits per heavy atom. The van der Waals surface area contributed by atoms with Gasteiger partial charge in [0.2, 0.25) is 0 Å². The van der Waals surface area contributed by atoms with Gasteiger partial charge in [-0.1, -0.05) is 55.2 Å². The predicted octanol–water partition coefficient (Wildman–Crippen LogP) is 4.85. The summed E-state index contributed by atoms with van der Waals surface area (Å²) in [5.41, 5.74) is 3.77. The van der Waals surface area contributed by atoms with Crippen LogP contribution in [0.15, 0.2) is 30.8 Å². The first-order valence-electron chi connectivity index (χ1n) is 6.99. The maximum absolute atomic E-state index is 3.97. The second kappa shape index (κ2) is 6.45. The summed E-state index contributed by atoms with van der Waals surface area (Å²) in [5.74, 6) is 7.32. The van der Waals surface area contributed by atoms with Gasteiger partial charge in [-0.2, -0.15) is 0 Å². The van der Waals surface area contributed by atoms with E-state index < -0.39 is 0 Å². The minimum Gasteiger partial charge on any atom is -0.103 e. The number of hydrogen-bond donors (Lipinski definition) is 0. The summed E-state index contributed by atoms with van der Waals surface area (Å²) in [5, 5.41) is 0. The van der Waals surface area contributed by atoms with Crippen LogP contribution in [0.3, 0.4) is 0 Å². The molecule has 1 aliphatic carbocycles. The van der Waals surface area contributed by atoms with Crippen LogP contribution in [0.5, 0.6) is 0 Å². The van der Waals surface area contributed by atoms with Gasteiger partial charge in [0.1, 0.15) is 0 Å². The summed E-state index contributed by atoms with van der Waals surface area (Å²) in [6.07, 6.45) is 7.42. The molecule has 0 aliphatic heterocycles. The van der Waals surface area contributed by atoms with Gasteiger partial charge in [-0.3, -0.25) is 0 Å². The Bertz CT molecular complexity index is 453. The quantitative estimate of drug-likeness (QED) is 0.661. The van der Waals surface area contributed by atoms with Gasteiger partial charge in [-0.05, 0) is 37.3 Å². The molecule has 0 aromatic heterocycles. The fraction of sp³-hybridized carbons (Fsp3) is 0.444. The molecule has 0 radical (unpaired) electrons. The molecule has 1 unspecified atom stereocenters. The lowest BCUT2D eigenvalue weighted by molar-refractivity contribution is 0.537. The molecule has 0 spiro atoms. The molecular weight excluding hydrogens is 216 g/mol. The van der Waals surface area contributed by atoms with Gasteiger partial charge in [0.15, 0.2) is 0 Å². The first-order chi connectivity index (χ1) is 8.75. The molecule has 0 nitrogen and oxygen atoms in total. The van der Waals surface area contributed by atoms with E-state index in [0.29, 0.717) is 5.92 Å². The Balaban J connectivity index is 2.01. The van der Waals surface area contributed by atoms with Gasteiger partial charge in [0.05, 0.1) is 0 Å². The molecule has 1 aromatic carbocycles. The standard InChI is InChI=1S/C18H22/c1-15(2)18-12-10-17(11-13-18)14-16-8-6-4-3-5-7-9-16/h10-13,16H,1,3-6,8,14H2,2H3. The first kappa shape index (κ1) is 13.0. The highest BCUT2D eigenvalue weighted by molar-refractivity contribution is 5.61. The molecule has 0 N–H and O–H groups in total. The second-order valence-electron chi connectivity index (χ2n) is 5.30. The van der Waals surface area contributed by atoms with Crippen LogP contribution in [0.1, 0.15) is 50.2 Å². The zero-order valence-electron chi connectivity index (χ0n) is 11.3.